The first-order chi connectivity index (χ1) is 7.13. The molecule has 0 spiro atoms. The zero-order chi connectivity index (χ0) is 12.6. The summed E-state index contributed by atoms with van der Waals surface area (Å²) < 4.78 is 6.21. The van der Waals surface area contributed by atoms with Crippen LogP contribution in [0.3, 0.4) is 0 Å². The summed E-state index contributed by atoms with van der Waals surface area (Å²) in [6.07, 6.45) is 0.0192. The first-order valence-corrected chi connectivity index (χ1v) is 8.53. The van der Waals surface area contributed by atoms with Gasteiger partial charge in [0, 0.05) is 6.07 Å². The van der Waals surface area contributed by atoms with Crippen molar-refractivity contribution >= 4 is 14.1 Å². The molecule has 1 aromatic heterocycles. The molecule has 1 rings (SSSR count). The topological polar surface area (TPSA) is 63.9 Å². The summed E-state index contributed by atoms with van der Waals surface area (Å²) in [5, 5.41) is 7.03. The van der Waals surface area contributed by atoms with E-state index in [2.05, 4.69) is 44.1 Å². The third-order valence-corrected chi connectivity index (χ3v) is 7.89. The van der Waals surface area contributed by atoms with Crippen LogP contribution in [-0.4, -0.2) is 18.5 Å². The van der Waals surface area contributed by atoms with Crippen LogP contribution in [0.1, 0.15) is 39.5 Å². The third kappa shape index (κ3) is 2.86. The van der Waals surface area contributed by atoms with Crippen LogP contribution >= 0.6 is 0 Å². The summed E-state index contributed by atoms with van der Waals surface area (Å²) in [5.41, 5.74) is 6.53. The molecule has 1 unspecified atom stereocenters. The highest BCUT2D eigenvalue weighted by Gasteiger charge is 2.38. The Balaban J connectivity index is 2.75. The van der Waals surface area contributed by atoms with E-state index in [4.69, 9.17) is 10.2 Å². The Morgan fingerprint density at radius 2 is 2.00 bits per heavy atom. The minimum absolute atomic E-state index is 0.0192. The second-order valence-electron chi connectivity index (χ2n) is 5.77. The standard InChI is InChI=1S/C11H23N3OSi/c1-8(9-7-10(12)14-13-9)15-16(5,6)11(2,3)4/h7-8H,1-6H3,(H3,12,13,14). The van der Waals surface area contributed by atoms with Gasteiger partial charge < -0.3 is 10.2 Å². The molecule has 16 heavy (non-hydrogen) atoms. The number of aromatic amines is 1. The molecule has 0 aromatic carbocycles. The van der Waals surface area contributed by atoms with Gasteiger partial charge in [-0.25, -0.2) is 0 Å². The van der Waals surface area contributed by atoms with E-state index in [0.717, 1.165) is 5.69 Å². The lowest BCUT2D eigenvalue weighted by atomic mass is 10.2. The first-order valence-electron chi connectivity index (χ1n) is 5.62. The largest absolute Gasteiger partial charge is 0.409 e. The van der Waals surface area contributed by atoms with Gasteiger partial charge in [-0.15, -0.1) is 0 Å². The van der Waals surface area contributed by atoms with E-state index in [1.54, 1.807) is 0 Å². The summed E-state index contributed by atoms with van der Waals surface area (Å²) in [4.78, 5) is 0. The molecule has 0 aliphatic heterocycles. The number of rotatable bonds is 3. The van der Waals surface area contributed by atoms with Crippen LogP contribution in [0.4, 0.5) is 5.82 Å². The van der Waals surface area contributed by atoms with E-state index in [1.807, 2.05) is 13.0 Å². The monoisotopic (exact) mass is 241 g/mol. The summed E-state index contributed by atoms with van der Waals surface area (Å²) >= 11 is 0. The van der Waals surface area contributed by atoms with Crippen LogP contribution in [0.25, 0.3) is 0 Å². The molecule has 0 fully saturated rings. The Hall–Kier alpha value is -0.813. The minimum atomic E-state index is -1.73. The van der Waals surface area contributed by atoms with Crippen molar-refractivity contribution in [3.8, 4) is 0 Å². The fourth-order valence-corrected chi connectivity index (χ4v) is 2.61. The van der Waals surface area contributed by atoms with Gasteiger partial charge in [0.1, 0.15) is 5.82 Å². The zero-order valence-corrected chi connectivity index (χ0v) is 12.1. The molecule has 0 aliphatic rings. The summed E-state index contributed by atoms with van der Waals surface area (Å²) in [7, 11) is -1.73. The van der Waals surface area contributed by atoms with Gasteiger partial charge in [0.2, 0.25) is 0 Å². The lowest BCUT2D eigenvalue weighted by Gasteiger charge is -2.38. The molecule has 0 saturated heterocycles. The molecular weight excluding hydrogens is 218 g/mol. The molecule has 0 saturated carbocycles. The molecule has 0 amide bonds. The van der Waals surface area contributed by atoms with Crippen molar-refractivity contribution in [3.05, 3.63) is 11.8 Å². The second kappa shape index (κ2) is 4.22. The quantitative estimate of drug-likeness (QED) is 0.799. The van der Waals surface area contributed by atoms with Crippen LogP contribution in [0, 0.1) is 0 Å². The molecule has 3 N–H and O–H groups in total. The number of anilines is 1. The van der Waals surface area contributed by atoms with Gasteiger partial charge in [-0.2, -0.15) is 5.10 Å². The fourth-order valence-electron chi connectivity index (χ4n) is 1.24. The maximum atomic E-state index is 6.21. The van der Waals surface area contributed by atoms with E-state index in [0.29, 0.717) is 5.82 Å². The summed E-state index contributed by atoms with van der Waals surface area (Å²) in [6.45, 7) is 13.2. The Morgan fingerprint density at radius 1 is 1.44 bits per heavy atom. The van der Waals surface area contributed by atoms with Crippen molar-refractivity contribution < 1.29 is 4.43 Å². The van der Waals surface area contributed by atoms with Gasteiger partial charge in [0.25, 0.3) is 0 Å². The Kier molecular flexibility index (Phi) is 3.49. The SMILES string of the molecule is CC(O[Si](C)(C)C(C)(C)C)c1cc(N)n[nH]1. The van der Waals surface area contributed by atoms with Crippen molar-refractivity contribution in [1.82, 2.24) is 10.2 Å². The Morgan fingerprint density at radius 3 is 2.38 bits per heavy atom. The number of hydrogen-bond acceptors (Lipinski definition) is 3. The zero-order valence-electron chi connectivity index (χ0n) is 11.1. The molecule has 92 valence electrons. The number of aromatic nitrogens is 2. The molecule has 0 bridgehead atoms. The lowest BCUT2D eigenvalue weighted by molar-refractivity contribution is 0.198. The van der Waals surface area contributed by atoms with E-state index >= 15 is 0 Å². The maximum absolute atomic E-state index is 6.21. The van der Waals surface area contributed by atoms with E-state index < -0.39 is 8.32 Å². The van der Waals surface area contributed by atoms with Crippen molar-refractivity contribution in [1.29, 1.82) is 0 Å². The first kappa shape index (κ1) is 13.3. The average molecular weight is 241 g/mol. The third-order valence-electron chi connectivity index (χ3n) is 3.33. The number of nitrogens with one attached hydrogen (secondary N) is 1. The summed E-state index contributed by atoms with van der Waals surface area (Å²) in [5.74, 6) is 0.515. The highest BCUT2D eigenvalue weighted by molar-refractivity contribution is 6.74. The molecular formula is C11H23N3OSi. The van der Waals surface area contributed by atoms with E-state index in [-0.39, 0.29) is 11.1 Å². The van der Waals surface area contributed by atoms with Gasteiger partial charge in [0.15, 0.2) is 8.32 Å². The highest BCUT2D eigenvalue weighted by Crippen LogP contribution is 2.39. The van der Waals surface area contributed by atoms with Crippen LogP contribution in [-0.2, 0) is 4.43 Å². The average Bonchev–Trinajstić information content (AvgIpc) is 2.48. The summed E-state index contributed by atoms with van der Waals surface area (Å²) in [6, 6.07) is 1.83. The van der Waals surface area contributed by atoms with Crippen LogP contribution < -0.4 is 5.73 Å². The number of nitrogens with two attached hydrogens (primary N) is 1. The van der Waals surface area contributed by atoms with Gasteiger partial charge in [-0.3, -0.25) is 5.10 Å². The van der Waals surface area contributed by atoms with Crippen LogP contribution in [0.2, 0.25) is 18.1 Å². The highest BCUT2D eigenvalue weighted by atomic mass is 28.4. The minimum Gasteiger partial charge on any atom is -0.409 e. The smallest absolute Gasteiger partial charge is 0.192 e. The Bertz CT molecular complexity index is 354. The normalized spacial score (nSPS) is 15.1. The lowest BCUT2D eigenvalue weighted by Crippen LogP contribution is -2.41. The van der Waals surface area contributed by atoms with Crippen molar-refractivity contribution in [3.63, 3.8) is 0 Å². The molecule has 0 aliphatic carbocycles. The molecule has 1 atom stereocenters. The molecule has 0 radical (unpaired) electrons. The molecule has 1 heterocycles. The predicted octanol–water partition coefficient (Wildman–Crippen LogP) is 3.07. The van der Waals surface area contributed by atoms with E-state index in [9.17, 15) is 0 Å². The Labute approximate surface area is 98.7 Å². The fraction of sp³-hybridized carbons (Fsp3) is 0.727. The van der Waals surface area contributed by atoms with Crippen LogP contribution in [0.5, 0.6) is 0 Å². The van der Waals surface area contributed by atoms with Crippen LogP contribution in [0.15, 0.2) is 6.07 Å². The van der Waals surface area contributed by atoms with Crippen molar-refractivity contribution in [2.24, 2.45) is 0 Å². The number of H-pyrrole nitrogens is 1. The number of hydrogen-bond donors (Lipinski definition) is 2. The molecule has 4 nitrogen and oxygen atoms in total. The molecule has 1 aromatic rings. The van der Waals surface area contributed by atoms with Crippen molar-refractivity contribution in [2.75, 3.05) is 5.73 Å². The second-order valence-corrected chi connectivity index (χ2v) is 10.5. The van der Waals surface area contributed by atoms with Gasteiger partial charge in [-0.1, -0.05) is 20.8 Å². The maximum Gasteiger partial charge on any atom is 0.192 e. The predicted molar refractivity (Wildman–Crippen MR) is 69.7 cm³/mol. The van der Waals surface area contributed by atoms with Gasteiger partial charge >= 0.3 is 0 Å². The molecule has 5 heteroatoms. The number of nitrogens with zero attached hydrogens (tertiary/aromatic N) is 1. The van der Waals surface area contributed by atoms with Crippen molar-refractivity contribution in [2.45, 2.75) is 51.9 Å². The van der Waals surface area contributed by atoms with Gasteiger partial charge in [0.05, 0.1) is 11.8 Å². The number of nitrogen functional groups attached to an aromatic ring is 1. The van der Waals surface area contributed by atoms with E-state index in [1.165, 1.54) is 0 Å². The van der Waals surface area contributed by atoms with Gasteiger partial charge in [-0.05, 0) is 25.1 Å².